The Kier molecular flexibility index (Phi) is 19.0. The van der Waals surface area contributed by atoms with Crippen LogP contribution in [0.25, 0.3) is 0 Å². The van der Waals surface area contributed by atoms with Crippen molar-refractivity contribution in [1.82, 2.24) is 4.90 Å². The zero-order valence-electron chi connectivity index (χ0n) is 39.1. The number of ether oxygens (including phenoxy) is 5. The molecule has 0 spiro atoms. The summed E-state index contributed by atoms with van der Waals surface area (Å²) in [5.41, 5.74) is -0.846. The van der Waals surface area contributed by atoms with Gasteiger partial charge in [-0.15, -0.1) is 0 Å². The van der Waals surface area contributed by atoms with Crippen molar-refractivity contribution in [3.8, 4) is 0 Å². The summed E-state index contributed by atoms with van der Waals surface area (Å²) in [6.07, 6.45) is -4.51. The highest BCUT2D eigenvalue weighted by Gasteiger charge is 2.53. The van der Waals surface area contributed by atoms with E-state index >= 15 is 0 Å². The van der Waals surface area contributed by atoms with Gasteiger partial charge in [0.05, 0.1) is 36.6 Å². The minimum atomic E-state index is -2.30. The summed E-state index contributed by atoms with van der Waals surface area (Å²) in [7, 11) is -1.01. The molecule has 0 radical (unpaired) electrons. The summed E-state index contributed by atoms with van der Waals surface area (Å²) in [4.78, 5) is 81.7. The van der Waals surface area contributed by atoms with Crippen LogP contribution in [0, 0.1) is 16.2 Å². The third kappa shape index (κ3) is 13.8. The molecule has 1 heterocycles. The lowest BCUT2D eigenvalue weighted by Gasteiger charge is -2.46. The first-order chi connectivity index (χ1) is 27.6. The van der Waals surface area contributed by atoms with Crippen LogP contribution in [0.3, 0.4) is 0 Å². The first-order valence-corrected chi connectivity index (χ1v) is 23.3. The summed E-state index contributed by atoms with van der Waals surface area (Å²) in [5, 5.41) is 3.03. The third-order valence-electron chi connectivity index (χ3n) is 10.9. The van der Waals surface area contributed by atoms with Crippen molar-refractivity contribution < 1.29 is 56.9 Å². The van der Waals surface area contributed by atoms with Crippen molar-refractivity contribution in [3.05, 3.63) is 29.8 Å². The molecule has 60 heavy (non-hydrogen) atoms. The number of unbranched alkanes of at least 4 members (excludes halogenated alkanes) is 1. The van der Waals surface area contributed by atoms with Gasteiger partial charge in [-0.25, -0.2) is 0 Å². The predicted molar refractivity (Wildman–Crippen MR) is 231 cm³/mol. The molecular weight excluding hydrogens is 789 g/mol. The lowest BCUT2D eigenvalue weighted by molar-refractivity contribution is -0.256. The first kappa shape index (κ1) is 52.3. The van der Waals surface area contributed by atoms with E-state index in [2.05, 4.69) is 46.9 Å². The molecule has 340 valence electrons. The second-order valence-electron chi connectivity index (χ2n) is 19.8. The Morgan fingerprint density at radius 1 is 0.783 bits per heavy atom. The molecule has 2 amide bonds. The van der Waals surface area contributed by atoms with E-state index < -0.39 is 84.9 Å². The lowest BCUT2D eigenvalue weighted by Crippen LogP contribution is -2.65. The van der Waals surface area contributed by atoms with E-state index in [1.165, 1.54) is 7.11 Å². The number of carbonyl (C=O) groups excluding carboxylic acids is 6. The van der Waals surface area contributed by atoms with Gasteiger partial charge in [0.25, 0.3) is 0 Å². The molecular formula is C45H74N2O12Si. The summed E-state index contributed by atoms with van der Waals surface area (Å²) in [5.74, 6) is -3.04. The van der Waals surface area contributed by atoms with Crippen LogP contribution in [0.1, 0.15) is 135 Å². The second kappa shape index (κ2) is 21.8. The maximum atomic E-state index is 14.7. The lowest BCUT2D eigenvalue weighted by atomic mass is 9.94. The molecule has 2 rings (SSSR count). The molecule has 14 nitrogen and oxygen atoms in total. The van der Waals surface area contributed by atoms with E-state index in [9.17, 15) is 28.8 Å². The van der Waals surface area contributed by atoms with Crippen molar-refractivity contribution in [2.45, 2.75) is 183 Å². The van der Waals surface area contributed by atoms with Gasteiger partial charge >= 0.3 is 23.9 Å². The van der Waals surface area contributed by atoms with Crippen molar-refractivity contribution in [3.63, 3.8) is 0 Å². The van der Waals surface area contributed by atoms with Gasteiger partial charge in [-0.1, -0.05) is 66.2 Å². The maximum absolute atomic E-state index is 14.7. The summed E-state index contributed by atoms with van der Waals surface area (Å²) in [6, 6.07) is 6.06. The molecule has 5 atom stereocenters. The van der Waals surface area contributed by atoms with Crippen LogP contribution >= 0.6 is 0 Å². The first-order valence-electron chi connectivity index (χ1n) is 21.2. The fraction of sp³-hybridized carbons (Fsp3) is 0.733. The summed E-state index contributed by atoms with van der Waals surface area (Å²) < 4.78 is 36.0. The normalized spacial score (nSPS) is 19.4. The van der Waals surface area contributed by atoms with Crippen molar-refractivity contribution in [2.24, 2.45) is 16.2 Å². The SMILES string of the molecule is COC(=O)CCCC[C@@H](C(=O)Nc1ccccc1CO[Si](C(C)C)(C(C)C)C(C)C)N(C=O)[C@H]1OC[C@@H](OC(=O)C(C)(C)C)[C@@H](OC(=O)C(C)(C)C)[C@@H]1OC(=O)C(C)(C)C. The van der Waals surface area contributed by atoms with E-state index in [0.717, 1.165) is 10.5 Å². The van der Waals surface area contributed by atoms with Crippen LogP contribution in [0.15, 0.2) is 24.3 Å². The standard InChI is InChI=1S/C45H74N2O12Si/c1-28(2)60(29(3)4,30(5)6)56-25-31-21-17-18-22-32(31)46-38(50)33(23-19-20-24-35(49)54-16)47(27-48)39-37(59-42(53)45(13,14)15)36(58-41(52)44(10,11)12)34(26-55-39)57-40(51)43(7,8)9/h17-18,21-22,27-30,33-34,36-37,39H,19-20,23-26H2,1-16H3,(H,46,50)/t33-,34+,36+,37-,39-/m0/s1. The molecule has 15 heteroatoms. The highest BCUT2D eigenvalue weighted by molar-refractivity contribution is 6.77. The topological polar surface area (TPSA) is 173 Å². The minimum Gasteiger partial charge on any atom is -0.469 e. The van der Waals surface area contributed by atoms with Crippen molar-refractivity contribution >= 4 is 50.2 Å². The average Bonchev–Trinajstić information content (AvgIpc) is 3.13. The van der Waals surface area contributed by atoms with Crippen LogP contribution in [0.2, 0.25) is 16.6 Å². The van der Waals surface area contributed by atoms with Gasteiger partial charge in [-0.05, 0) is 103 Å². The Morgan fingerprint density at radius 2 is 1.28 bits per heavy atom. The van der Waals surface area contributed by atoms with Crippen LogP contribution in [-0.2, 0) is 63.5 Å². The Labute approximate surface area is 359 Å². The van der Waals surface area contributed by atoms with Gasteiger partial charge in [0.1, 0.15) is 6.04 Å². The molecule has 0 aromatic heterocycles. The summed E-state index contributed by atoms with van der Waals surface area (Å²) >= 11 is 0. The molecule has 0 aliphatic carbocycles. The zero-order chi connectivity index (χ0) is 46.0. The predicted octanol–water partition coefficient (Wildman–Crippen LogP) is 8.11. The number of esters is 4. The maximum Gasteiger partial charge on any atom is 0.311 e. The molecule has 0 unspecified atom stereocenters. The van der Waals surface area contributed by atoms with Crippen LogP contribution < -0.4 is 5.32 Å². The molecule has 1 N–H and O–H groups in total. The average molecular weight is 863 g/mol. The molecule has 1 aromatic carbocycles. The van der Waals surface area contributed by atoms with E-state index in [4.69, 9.17) is 28.1 Å². The van der Waals surface area contributed by atoms with Gasteiger partial charge in [-0.2, -0.15) is 0 Å². The Morgan fingerprint density at radius 3 is 1.77 bits per heavy atom. The van der Waals surface area contributed by atoms with Crippen LogP contribution in [0.4, 0.5) is 5.69 Å². The van der Waals surface area contributed by atoms with E-state index in [1.54, 1.807) is 74.4 Å². The number of methoxy groups -OCH3 is 1. The molecule has 1 aliphatic rings. The van der Waals surface area contributed by atoms with Gasteiger partial charge in [-0.3, -0.25) is 28.8 Å². The monoisotopic (exact) mass is 863 g/mol. The van der Waals surface area contributed by atoms with Crippen LogP contribution in [0.5, 0.6) is 0 Å². The number of nitrogens with one attached hydrogen (secondary N) is 1. The highest BCUT2D eigenvalue weighted by atomic mass is 28.4. The van der Waals surface area contributed by atoms with Gasteiger partial charge in [0, 0.05) is 12.1 Å². The van der Waals surface area contributed by atoms with E-state index in [0.29, 0.717) is 41.6 Å². The fourth-order valence-corrected chi connectivity index (χ4v) is 12.8. The Bertz CT molecular complexity index is 1600. The van der Waals surface area contributed by atoms with Crippen molar-refractivity contribution in [1.29, 1.82) is 0 Å². The van der Waals surface area contributed by atoms with E-state index in [-0.39, 0.29) is 26.1 Å². The molecule has 1 saturated heterocycles. The fourth-order valence-electron chi connectivity index (χ4n) is 7.42. The second-order valence-corrected chi connectivity index (χ2v) is 25.3. The van der Waals surface area contributed by atoms with Crippen molar-refractivity contribution in [2.75, 3.05) is 19.0 Å². The summed E-state index contributed by atoms with van der Waals surface area (Å²) in [6.45, 7) is 27.9. The number of rotatable bonds is 19. The molecule has 1 fully saturated rings. The highest BCUT2D eigenvalue weighted by Crippen LogP contribution is 2.43. The van der Waals surface area contributed by atoms with E-state index in [1.807, 2.05) is 12.1 Å². The zero-order valence-corrected chi connectivity index (χ0v) is 40.1. The molecule has 0 bridgehead atoms. The number of anilines is 1. The minimum absolute atomic E-state index is 0.0546. The van der Waals surface area contributed by atoms with Gasteiger partial charge < -0.3 is 38.3 Å². The molecule has 1 aromatic rings. The van der Waals surface area contributed by atoms with Gasteiger partial charge in [0.15, 0.2) is 24.5 Å². The van der Waals surface area contributed by atoms with Gasteiger partial charge in [0.2, 0.25) is 20.6 Å². The Balaban J connectivity index is 2.73. The molecule has 0 saturated carbocycles. The Hall–Kier alpha value is -3.82. The van der Waals surface area contributed by atoms with Crippen LogP contribution in [-0.4, -0.2) is 93.7 Å². The number of hydrogen-bond acceptors (Lipinski definition) is 12. The number of para-hydroxylation sites is 1. The number of amides is 2. The smallest absolute Gasteiger partial charge is 0.311 e. The number of nitrogens with zero attached hydrogens (tertiary/aromatic N) is 1. The molecule has 1 aliphatic heterocycles. The quantitative estimate of drug-likeness (QED) is 0.0466. The largest absolute Gasteiger partial charge is 0.469 e. The number of benzene rings is 1. The number of hydrogen-bond donors (Lipinski definition) is 1. The number of carbonyl (C=O) groups is 6. The third-order valence-corrected chi connectivity index (χ3v) is 16.9.